The molecule has 8 heteroatoms. The maximum atomic E-state index is 5.17. The third-order valence-corrected chi connectivity index (χ3v) is 0.642. The molecule has 3 nitrogen and oxygen atoms in total. The first-order chi connectivity index (χ1) is 3.41. The van der Waals surface area contributed by atoms with Crippen LogP contribution in [0.25, 0.3) is 0 Å². The van der Waals surface area contributed by atoms with E-state index in [-0.39, 0.29) is 244 Å². The third-order valence-electron chi connectivity index (χ3n) is 0.642. The average molecular weight is 800 g/mol. The maximum absolute atomic E-state index is 5.17. The molecule has 0 saturated heterocycles. The van der Waals surface area contributed by atoms with Crippen molar-refractivity contribution in [2.24, 2.45) is 11.5 Å². The van der Waals surface area contributed by atoms with Crippen molar-refractivity contribution in [3.8, 4) is 0 Å². The molecule has 0 aromatic carbocycles. The zero-order valence-corrected chi connectivity index (χ0v) is 4.48. The van der Waals surface area contributed by atoms with Gasteiger partial charge in [0, 0.05) is 26.2 Å². The van der Waals surface area contributed by atoms with Crippen LogP contribution in [0.5, 0.6) is 0 Å². The molecule has 0 heterocycles. The van der Waals surface area contributed by atoms with Crippen molar-refractivity contribution in [3.63, 3.8) is 0 Å². The van der Waals surface area contributed by atoms with Gasteiger partial charge in [-0.05, 0) is 0 Å². The van der Waals surface area contributed by atoms with Crippen LogP contribution in [0.4, 0.5) is 0 Å². The Hall–Kier alpha value is 7.74. The van der Waals surface area contributed by atoms with Crippen molar-refractivity contribution in [3.05, 3.63) is 0 Å². The summed E-state index contributed by atoms with van der Waals surface area (Å²) in [6, 6.07) is 0. The van der Waals surface area contributed by atoms with Crippen LogP contribution in [0.1, 0.15) is 0 Å². The number of hydrogen-bond donors (Lipinski definition) is 3. The summed E-state index contributed by atoms with van der Waals surface area (Å²) < 4.78 is 0. The average Bonchev–Trinajstić information content (AvgIpc) is 1.69. The molecular weight excluding hydrogens is 777 g/mol. The predicted molar refractivity (Wildman–Crippen MR) is 73.7 cm³/mol. The molecular formula is C4H23Ba5N3. The predicted octanol–water partition coefficient (Wildman–Crippen LogP) is -6.09. The van der Waals surface area contributed by atoms with Gasteiger partial charge >= 0.3 is 244 Å². The molecule has 0 rings (SSSR count). The fraction of sp³-hybridized carbons (Fsp3) is 1.00. The Morgan fingerprint density at radius 2 is 0.917 bits per heavy atom. The van der Waals surface area contributed by atoms with Crippen LogP contribution in [0.15, 0.2) is 0 Å². The summed E-state index contributed by atoms with van der Waals surface area (Å²) in [4.78, 5) is 0. The van der Waals surface area contributed by atoms with E-state index in [1.165, 1.54) is 0 Å². The molecule has 0 amide bonds. The van der Waals surface area contributed by atoms with Crippen LogP contribution in [0.3, 0.4) is 0 Å². The van der Waals surface area contributed by atoms with Gasteiger partial charge < -0.3 is 16.8 Å². The summed E-state index contributed by atoms with van der Waals surface area (Å²) in [6.45, 7) is 3.13. The van der Waals surface area contributed by atoms with Gasteiger partial charge in [0.1, 0.15) is 0 Å². The van der Waals surface area contributed by atoms with Crippen LogP contribution in [-0.4, -0.2) is 271 Å². The Labute approximate surface area is 277 Å². The molecule has 0 bridgehead atoms. The first-order valence-corrected chi connectivity index (χ1v) is 2.52. The zero-order chi connectivity index (χ0) is 5.54. The quantitative estimate of drug-likeness (QED) is 0.196. The monoisotopic (exact) mass is 803 g/mol. The van der Waals surface area contributed by atoms with Gasteiger partial charge in [-0.3, -0.25) is 0 Å². The summed E-state index contributed by atoms with van der Waals surface area (Å²) in [5, 5.41) is 3.03. The van der Waals surface area contributed by atoms with Crippen molar-refractivity contribution in [2.75, 3.05) is 26.2 Å². The van der Waals surface area contributed by atoms with Gasteiger partial charge in [0.05, 0.1) is 0 Å². The van der Waals surface area contributed by atoms with Crippen LogP contribution >= 0.6 is 0 Å². The van der Waals surface area contributed by atoms with Gasteiger partial charge in [0.2, 0.25) is 0 Å². The van der Waals surface area contributed by atoms with E-state index >= 15 is 0 Å². The second-order valence-corrected chi connectivity index (χ2v) is 1.33. The van der Waals surface area contributed by atoms with E-state index in [0.29, 0.717) is 13.1 Å². The van der Waals surface area contributed by atoms with Gasteiger partial charge in [0.15, 0.2) is 0 Å². The van der Waals surface area contributed by atoms with Crippen molar-refractivity contribution in [1.82, 2.24) is 5.32 Å². The normalized spacial score (nSPS) is 5.50. The van der Waals surface area contributed by atoms with E-state index in [4.69, 9.17) is 11.5 Å². The molecule has 0 radical (unpaired) electrons. The summed E-state index contributed by atoms with van der Waals surface area (Å²) in [5.41, 5.74) is 10.3. The van der Waals surface area contributed by atoms with Gasteiger partial charge in [-0.15, -0.1) is 0 Å². The molecule has 5 N–H and O–H groups in total. The van der Waals surface area contributed by atoms with Crippen LogP contribution in [-0.2, 0) is 0 Å². The summed E-state index contributed by atoms with van der Waals surface area (Å²) in [7, 11) is 0. The summed E-state index contributed by atoms with van der Waals surface area (Å²) in [6.07, 6.45) is 0. The van der Waals surface area contributed by atoms with Crippen LogP contribution in [0, 0.1) is 0 Å². The molecule has 12 heavy (non-hydrogen) atoms. The molecule has 0 aliphatic rings. The second kappa shape index (κ2) is 36.3. The van der Waals surface area contributed by atoms with Crippen molar-refractivity contribution in [1.29, 1.82) is 0 Å². The minimum atomic E-state index is 0. The van der Waals surface area contributed by atoms with E-state index in [1.54, 1.807) is 0 Å². The van der Waals surface area contributed by atoms with Crippen molar-refractivity contribution >= 4 is 244 Å². The van der Waals surface area contributed by atoms with E-state index in [1.807, 2.05) is 0 Å². The number of nitrogens with one attached hydrogen (secondary N) is 1. The molecule has 0 aromatic rings. The second-order valence-electron chi connectivity index (χ2n) is 1.33. The molecule has 0 aliphatic carbocycles. The Bertz CT molecular complexity index is 37.9. The van der Waals surface area contributed by atoms with Gasteiger partial charge in [0.25, 0.3) is 0 Å². The number of hydrogen-bond acceptors (Lipinski definition) is 3. The first kappa shape index (κ1) is 36.7. The van der Waals surface area contributed by atoms with E-state index in [9.17, 15) is 0 Å². The first-order valence-electron chi connectivity index (χ1n) is 2.52. The Kier molecular flexibility index (Phi) is 111. The molecule has 0 unspecified atom stereocenters. The molecule has 0 atom stereocenters. The Morgan fingerprint density at radius 1 is 0.667 bits per heavy atom. The van der Waals surface area contributed by atoms with E-state index in [2.05, 4.69) is 5.32 Å². The van der Waals surface area contributed by atoms with Gasteiger partial charge in [-0.1, -0.05) is 0 Å². The van der Waals surface area contributed by atoms with Crippen LogP contribution in [0.2, 0.25) is 0 Å². The number of nitrogens with two attached hydrogens (primary N) is 2. The molecule has 0 spiro atoms. The fourth-order valence-electron chi connectivity index (χ4n) is 0.329. The Morgan fingerprint density at radius 3 is 1.08 bits per heavy atom. The van der Waals surface area contributed by atoms with Gasteiger partial charge in [-0.25, -0.2) is 0 Å². The third kappa shape index (κ3) is 36.1. The topological polar surface area (TPSA) is 64.1 Å². The number of rotatable bonds is 4. The Balaban J connectivity index is -0.0000000180. The molecule has 0 aromatic heterocycles. The summed E-state index contributed by atoms with van der Waals surface area (Å²) >= 11 is 0. The zero-order valence-electron chi connectivity index (χ0n) is 4.48. The molecule has 0 aliphatic heterocycles. The van der Waals surface area contributed by atoms with E-state index in [0.717, 1.165) is 13.1 Å². The molecule has 0 fully saturated rings. The minimum absolute atomic E-state index is 0. The van der Waals surface area contributed by atoms with Crippen molar-refractivity contribution < 1.29 is 0 Å². The molecule has 64 valence electrons. The summed E-state index contributed by atoms with van der Waals surface area (Å²) in [5.74, 6) is 0. The van der Waals surface area contributed by atoms with E-state index < -0.39 is 0 Å². The SMILES string of the molecule is NCCNCCN.[BaH2].[BaH2].[BaH2].[BaH2].[BaH2]. The van der Waals surface area contributed by atoms with Crippen molar-refractivity contribution in [2.45, 2.75) is 0 Å². The standard InChI is InChI=1S/C4H13N3.5Ba.10H/c5-1-3-7-4-2-6;;;;;;;;;;;;;;;/h7H,1-6H2;;;;;;;;;;;;;;;. The molecule has 0 saturated carbocycles. The fourth-order valence-corrected chi connectivity index (χ4v) is 0.329. The van der Waals surface area contributed by atoms with Crippen LogP contribution < -0.4 is 16.8 Å². The van der Waals surface area contributed by atoms with Gasteiger partial charge in [-0.2, -0.15) is 0 Å².